The van der Waals surface area contributed by atoms with Gasteiger partial charge in [-0.25, -0.2) is 0 Å². The number of aromatic nitrogens is 2. The lowest BCUT2D eigenvalue weighted by atomic mass is 10.2. The fraction of sp³-hybridized carbons (Fsp3) is 0. The third-order valence-corrected chi connectivity index (χ3v) is 4.07. The number of nitrogens with zero attached hydrogens (tertiary/aromatic N) is 3. The van der Waals surface area contributed by atoms with Crippen molar-refractivity contribution in [3.63, 3.8) is 0 Å². The van der Waals surface area contributed by atoms with Crippen LogP contribution in [0.4, 0.5) is 11.4 Å². The van der Waals surface area contributed by atoms with Crippen LogP contribution in [0.15, 0.2) is 81.8 Å². The molecule has 4 aromatic rings. The van der Waals surface area contributed by atoms with Crippen LogP contribution >= 0.6 is 0 Å². The summed E-state index contributed by atoms with van der Waals surface area (Å²) >= 11 is 0. The number of nitro benzene ring substituents is 1. The molecule has 0 aliphatic rings. The molecule has 4 rings (SSSR count). The van der Waals surface area contributed by atoms with E-state index in [-0.39, 0.29) is 17.5 Å². The number of nitrogens with one attached hydrogen (secondary N) is 1. The highest BCUT2D eigenvalue weighted by molar-refractivity contribution is 6.02. The molecule has 0 aliphatic heterocycles. The molecule has 9 heteroatoms. The number of furan rings is 1. The fourth-order valence-electron chi connectivity index (χ4n) is 2.63. The molecule has 2 aromatic heterocycles. The highest BCUT2D eigenvalue weighted by Gasteiger charge is 2.13. The van der Waals surface area contributed by atoms with E-state index in [9.17, 15) is 14.9 Å². The minimum atomic E-state index is -0.478. The molecule has 2 aromatic carbocycles. The average molecular weight is 402 g/mol. The number of hydrogen-bond acceptors (Lipinski definition) is 7. The molecule has 148 valence electrons. The van der Waals surface area contributed by atoms with Crippen molar-refractivity contribution in [2.45, 2.75) is 0 Å². The van der Waals surface area contributed by atoms with Crippen LogP contribution in [0.25, 0.3) is 29.2 Å². The van der Waals surface area contributed by atoms with E-state index in [4.69, 9.17) is 8.83 Å². The van der Waals surface area contributed by atoms with Crippen LogP contribution in [0.3, 0.4) is 0 Å². The van der Waals surface area contributed by atoms with Crippen LogP contribution in [-0.2, 0) is 4.79 Å². The van der Waals surface area contributed by atoms with E-state index in [0.29, 0.717) is 28.5 Å². The molecule has 1 N–H and O–H groups in total. The Morgan fingerprint density at radius 2 is 1.83 bits per heavy atom. The Bertz CT molecular complexity index is 1210. The van der Waals surface area contributed by atoms with E-state index in [1.54, 1.807) is 54.6 Å². The van der Waals surface area contributed by atoms with Crippen molar-refractivity contribution >= 4 is 23.4 Å². The summed E-state index contributed by atoms with van der Waals surface area (Å²) in [5.74, 6) is 0.663. The largest absolute Gasteiger partial charge is 0.459 e. The number of carbonyl (C=O) groups is 1. The van der Waals surface area contributed by atoms with E-state index in [2.05, 4.69) is 15.5 Å². The number of nitro groups is 1. The van der Waals surface area contributed by atoms with Crippen LogP contribution in [0.2, 0.25) is 0 Å². The Morgan fingerprint density at radius 1 is 1.03 bits per heavy atom. The highest BCUT2D eigenvalue weighted by Crippen LogP contribution is 2.25. The zero-order valence-electron chi connectivity index (χ0n) is 15.4. The summed E-state index contributed by atoms with van der Waals surface area (Å²) in [7, 11) is 0. The summed E-state index contributed by atoms with van der Waals surface area (Å²) in [6.07, 6.45) is 4.42. The number of anilines is 1. The van der Waals surface area contributed by atoms with Gasteiger partial charge < -0.3 is 14.2 Å². The smallest absolute Gasteiger partial charge is 0.283 e. The standard InChI is InChI=1S/C21H14N4O5/c26-19(11-8-14-6-9-17(10-7-14)25(27)28)22-16-4-1-3-15(13-16)20-23-24-21(30-20)18-5-2-12-29-18/h1-13H,(H,22,26)/b11-8-. The van der Waals surface area contributed by atoms with E-state index >= 15 is 0 Å². The maximum Gasteiger partial charge on any atom is 0.283 e. The van der Waals surface area contributed by atoms with Gasteiger partial charge in [0, 0.05) is 29.5 Å². The molecular formula is C21H14N4O5. The highest BCUT2D eigenvalue weighted by atomic mass is 16.6. The van der Waals surface area contributed by atoms with E-state index < -0.39 is 4.92 Å². The molecule has 0 aliphatic carbocycles. The first kappa shape index (κ1) is 18.8. The van der Waals surface area contributed by atoms with Crippen molar-refractivity contribution in [1.82, 2.24) is 10.2 Å². The van der Waals surface area contributed by atoms with Crippen molar-refractivity contribution in [3.05, 3.63) is 88.7 Å². The topological polar surface area (TPSA) is 124 Å². The van der Waals surface area contributed by atoms with Crippen molar-refractivity contribution in [1.29, 1.82) is 0 Å². The molecule has 0 spiro atoms. The summed E-state index contributed by atoms with van der Waals surface area (Å²) < 4.78 is 10.8. The molecule has 1 amide bonds. The lowest BCUT2D eigenvalue weighted by Crippen LogP contribution is -2.07. The van der Waals surface area contributed by atoms with Gasteiger partial charge in [0.1, 0.15) is 0 Å². The molecule has 30 heavy (non-hydrogen) atoms. The Labute approximate surface area is 169 Å². The number of benzene rings is 2. The minimum Gasteiger partial charge on any atom is -0.459 e. The molecule has 2 heterocycles. The number of non-ortho nitro benzene ring substituents is 1. The van der Waals surface area contributed by atoms with Gasteiger partial charge in [-0.05, 0) is 54.1 Å². The summed E-state index contributed by atoms with van der Waals surface area (Å²) in [5, 5.41) is 21.4. The second kappa shape index (κ2) is 8.23. The Kier molecular flexibility index (Phi) is 5.16. The lowest BCUT2D eigenvalue weighted by molar-refractivity contribution is -0.384. The molecule has 0 fully saturated rings. The minimum absolute atomic E-state index is 0.00959. The van der Waals surface area contributed by atoms with E-state index in [1.807, 2.05) is 0 Å². The quantitative estimate of drug-likeness (QED) is 0.285. The van der Waals surface area contributed by atoms with Gasteiger partial charge in [-0.2, -0.15) is 0 Å². The van der Waals surface area contributed by atoms with Gasteiger partial charge in [0.15, 0.2) is 5.76 Å². The summed E-state index contributed by atoms with van der Waals surface area (Å²) in [5.41, 5.74) is 1.84. The first-order chi connectivity index (χ1) is 14.6. The van der Waals surface area contributed by atoms with Crippen molar-refractivity contribution in [2.24, 2.45) is 0 Å². The van der Waals surface area contributed by atoms with Gasteiger partial charge in [-0.3, -0.25) is 14.9 Å². The van der Waals surface area contributed by atoms with Crippen LogP contribution in [0.5, 0.6) is 0 Å². The van der Waals surface area contributed by atoms with Crippen LogP contribution in [-0.4, -0.2) is 21.0 Å². The zero-order chi connectivity index (χ0) is 20.9. The van der Waals surface area contributed by atoms with Gasteiger partial charge in [0.2, 0.25) is 11.8 Å². The molecule has 0 saturated heterocycles. The first-order valence-electron chi connectivity index (χ1n) is 8.80. The first-order valence-corrected chi connectivity index (χ1v) is 8.80. The van der Waals surface area contributed by atoms with Crippen molar-refractivity contribution in [3.8, 4) is 23.1 Å². The molecule has 0 unspecified atom stereocenters. The maximum atomic E-state index is 12.2. The average Bonchev–Trinajstić information content (AvgIpc) is 3.44. The summed E-state index contributed by atoms with van der Waals surface area (Å²) in [4.78, 5) is 22.4. The second-order valence-corrected chi connectivity index (χ2v) is 6.14. The summed E-state index contributed by atoms with van der Waals surface area (Å²) in [6.45, 7) is 0. The molecule has 0 radical (unpaired) electrons. The lowest BCUT2D eigenvalue weighted by Gasteiger charge is -2.03. The van der Waals surface area contributed by atoms with Gasteiger partial charge in [0.05, 0.1) is 11.2 Å². The maximum absolute atomic E-state index is 12.2. The predicted octanol–water partition coefficient (Wildman–Crippen LogP) is 4.56. The molecule has 9 nitrogen and oxygen atoms in total. The SMILES string of the molecule is O=C(/C=C\c1ccc([N+](=O)[O-])cc1)Nc1cccc(-c2nnc(-c3ccco3)o2)c1. The monoisotopic (exact) mass is 402 g/mol. The molecular weight excluding hydrogens is 388 g/mol. The van der Waals surface area contributed by atoms with Gasteiger partial charge >= 0.3 is 0 Å². The van der Waals surface area contributed by atoms with Crippen LogP contribution < -0.4 is 5.32 Å². The Morgan fingerprint density at radius 3 is 2.57 bits per heavy atom. The number of hydrogen-bond donors (Lipinski definition) is 1. The molecule has 0 atom stereocenters. The third-order valence-electron chi connectivity index (χ3n) is 4.07. The fourth-order valence-corrected chi connectivity index (χ4v) is 2.63. The van der Waals surface area contributed by atoms with Gasteiger partial charge in [-0.1, -0.05) is 6.07 Å². The van der Waals surface area contributed by atoms with Crippen molar-refractivity contribution in [2.75, 3.05) is 5.32 Å². The number of amides is 1. The number of carbonyl (C=O) groups excluding carboxylic acids is 1. The normalized spacial score (nSPS) is 10.9. The second-order valence-electron chi connectivity index (χ2n) is 6.14. The van der Waals surface area contributed by atoms with Crippen LogP contribution in [0, 0.1) is 10.1 Å². The van der Waals surface area contributed by atoms with Crippen molar-refractivity contribution < 1.29 is 18.6 Å². The Hall–Kier alpha value is -4.53. The zero-order valence-corrected chi connectivity index (χ0v) is 15.4. The summed E-state index contributed by atoms with van der Waals surface area (Å²) in [6, 6.07) is 16.3. The van der Waals surface area contributed by atoms with E-state index in [0.717, 1.165) is 0 Å². The van der Waals surface area contributed by atoms with Gasteiger partial charge in [-0.15, -0.1) is 10.2 Å². The van der Waals surface area contributed by atoms with Gasteiger partial charge in [0.25, 0.3) is 11.6 Å². The Balaban J connectivity index is 1.44. The third kappa shape index (κ3) is 4.30. The molecule has 0 saturated carbocycles. The number of rotatable bonds is 6. The van der Waals surface area contributed by atoms with E-state index in [1.165, 1.54) is 24.5 Å². The molecule has 0 bridgehead atoms. The van der Waals surface area contributed by atoms with Crippen LogP contribution in [0.1, 0.15) is 5.56 Å². The predicted molar refractivity (Wildman–Crippen MR) is 108 cm³/mol.